The number of carbonyl (C=O) groups is 2. The molecule has 0 fully saturated rings. The van der Waals surface area contributed by atoms with Gasteiger partial charge in [-0.15, -0.1) is 11.3 Å². The van der Waals surface area contributed by atoms with Crippen LogP contribution < -0.4 is 15.6 Å². The Balaban J connectivity index is 1.63. The maximum Gasteiger partial charge on any atom is 0.279 e. The van der Waals surface area contributed by atoms with Crippen LogP contribution >= 0.6 is 11.3 Å². The lowest BCUT2D eigenvalue weighted by atomic mass is 10.1. The van der Waals surface area contributed by atoms with Gasteiger partial charge in [0.25, 0.3) is 11.8 Å². The fourth-order valence-corrected chi connectivity index (χ4v) is 2.82. The van der Waals surface area contributed by atoms with Crippen LogP contribution in [0.3, 0.4) is 0 Å². The number of benzene rings is 1. The van der Waals surface area contributed by atoms with Gasteiger partial charge in [0.2, 0.25) is 0 Å². The number of aryl methyl sites for hydroxylation is 1. The zero-order valence-electron chi connectivity index (χ0n) is 11.9. The number of thiophene rings is 1. The summed E-state index contributed by atoms with van der Waals surface area (Å²) in [5, 5.41) is 0. The second kappa shape index (κ2) is 6.03. The molecule has 0 saturated heterocycles. The Kier molecular flexibility index (Phi) is 3.93. The van der Waals surface area contributed by atoms with Crippen LogP contribution in [0, 0.1) is 6.92 Å². The minimum absolute atomic E-state index is 0.177. The van der Waals surface area contributed by atoms with E-state index in [4.69, 9.17) is 4.74 Å². The normalized spacial score (nSPS) is 12.7. The Morgan fingerprint density at radius 1 is 1.09 bits per heavy atom. The lowest BCUT2D eigenvalue weighted by Crippen LogP contribution is -2.43. The van der Waals surface area contributed by atoms with E-state index >= 15 is 0 Å². The van der Waals surface area contributed by atoms with Gasteiger partial charge >= 0.3 is 0 Å². The molecule has 0 atom stereocenters. The fourth-order valence-electron chi connectivity index (χ4n) is 2.06. The Hall–Kier alpha value is -2.60. The van der Waals surface area contributed by atoms with Crippen LogP contribution in [0.5, 0.6) is 5.75 Å². The van der Waals surface area contributed by atoms with Crippen molar-refractivity contribution < 1.29 is 14.3 Å². The quantitative estimate of drug-likeness (QED) is 0.836. The SMILES string of the molecule is Cc1ccc(C(=O)NNC(=O)C2=Cc3ccccc3OC2)s1. The van der Waals surface area contributed by atoms with Crippen LogP contribution in [-0.2, 0) is 4.79 Å². The van der Waals surface area contributed by atoms with Crippen LogP contribution in [0.1, 0.15) is 20.1 Å². The highest BCUT2D eigenvalue weighted by Crippen LogP contribution is 2.25. The molecule has 1 aromatic carbocycles. The van der Waals surface area contributed by atoms with Gasteiger partial charge in [0.1, 0.15) is 12.4 Å². The number of fused-ring (bicyclic) bond motifs is 1. The molecule has 1 aromatic heterocycles. The lowest BCUT2D eigenvalue weighted by molar-refractivity contribution is -0.118. The summed E-state index contributed by atoms with van der Waals surface area (Å²) in [5.74, 6) is 0.0393. The fraction of sp³-hybridized carbons (Fsp3) is 0.125. The first-order chi connectivity index (χ1) is 10.6. The number of ether oxygens (including phenoxy) is 1. The number of rotatable bonds is 2. The minimum atomic E-state index is -0.379. The number of carbonyl (C=O) groups excluding carboxylic acids is 2. The third-order valence-electron chi connectivity index (χ3n) is 3.18. The zero-order valence-corrected chi connectivity index (χ0v) is 12.7. The van der Waals surface area contributed by atoms with E-state index < -0.39 is 0 Å². The molecule has 0 bridgehead atoms. The number of amides is 2. The van der Waals surface area contributed by atoms with Crippen LogP contribution in [0.15, 0.2) is 42.0 Å². The van der Waals surface area contributed by atoms with Gasteiger partial charge in [-0.1, -0.05) is 18.2 Å². The van der Waals surface area contributed by atoms with Crippen molar-refractivity contribution in [2.24, 2.45) is 0 Å². The Morgan fingerprint density at radius 2 is 1.86 bits per heavy atom. The second-order valence-electron chi connectivity index (χ2n) is 4.81. The first kappa shape index (κ1) is 14.3. The predicted molar refractivity (Wildman–Crippen MR) is 84.6 cm³/mol. The Labute approximate surface area is 131 Å². The van der Waals surface area contributed by atoms with E-state index in [1.165, 1.54) is 11.3 Å². The van der Waals surface area contributed by atoms with Gasteiger partial charge in [-0.3, -0.25) is 20.4 Å². The summed E-state index contributed by atoms with van der Waals surface area (Å²) in [6.07, 6.45) is 1.76. The van der Waals surface area contributed by atoms with E-state index in [0.717, 1.165) is 16.2 Å². The molecule has 22 heavy (non-hydrogen) atoms. The molecule has 0 aliphatic carbocycles. The molecular weight excluding hydrogens is 300 g/mol. The number of hydrogen-bond donors (Lipinski definition) is 2. The highest BCUT2D eigenvalue weighted by atomic mass is 32.1. The molecule has 2 heterocycles. The van der Waals surface area contributed by atoms with E-state index in [2.05, 4.69) is 10.9 Å². The van der Waals surface area contributed by atoms with Crippen molar-refractivity contribution in [1.29, 1.82) is 0 Å². The summed E-state index contributed by atoms with van der Waals surface area (Å²) in [6, 6.07) is 11.0. The molecule has 0 saturated carbocycles. The third kappa shape index (κ3) is 3.01. The molecule has 0 spiro atoms. The summed E-state index contributed by atoms with van der Waals surface area (Å²) in [7, 11) is 0. The van der Waals surface area contributed by atoms with Gasteiger partial charge in [0, 0.05) is 10.4 Å². The van der Waals surface area contributed by atoms with Crippen molar-refractivity contribution in [3.05, 3.63) is 57.3 Å². The van der Waals surface area contributed by atoms with Gasteiger partial charge in [0.05, 0.1) is 10.5 Å². The minimum Gasteiger partial charge on any atom is -0.488 e. The standard InChI is InChI=1S/C16H14N2O3S/c1-10-6-7-14(22-10)16(20)18-17-15(19)12-8-11-4-2-3-5-13(11)21-9-12/h2-8H,9H2,1H3,(H,17,19)(H,18,20). The van der Waals surface area contributed by atoms with Crippen LogP contribution in [0.4, 0.5) is 0 Å². The molecule has 2 amide bonds. The van der Waals surface area contributed by atoms with Crippen LogP contribution in [-0.4, -0.2) is 18.4 Å². The zero-order chi connectivity index (χ0) is 15.5. The second-order valence-corrected chi connectivity index (χ2v) is 6.10. The molecule has 0 radical (unpaired) electrons. The van der Waals surface area contributed by atoms with Gasteiger partial charge < -0.3 is 4.74 Å². The largest absolute Gasteiger partial charge is 0.488 e. The van der Waals surface area contributed by atoms with Crippen molar-refractivity contribution in [3.63, 3.8) is 0 Å². The average molecular weight is 314 g/mol. The summed E-state index contributed by atoms with van der Waals surface area (Å²) < 4.78 is 5.51. The van der Waals surface area contributed by atoms with Crippen molar-refractivity contribution >= 4 is 29.2 Å². The first-order valence-corrected chi connectivity index (χ1v) is 7.54. The van der Waals surface area contributed by atoms with Gasteiger partial charge in [0.15, 0.2) is 0 Å². The summed E-state index contributed by atoms with van der Waals surface area (Å²) in [5.41, 5.74) is 6.13. The number of hydrazine groups is 1. The van der Waals surface area contributed by atoms with Crippen LogP contribution in [0.2, 0.25) is 0 Å². The Morgan fingerprint density at radius 3 is 2.64 bits per heavy atom. The highest BCUT2D eigenvalue weighted by Gasteiger charge is 2.17. The van der Waals surface area contributed by atoms with E-state index in [1.54, 1.807) is 12.1 Å². The average Bonchev–Trinajstić information content (AvgIpc) is 2.98. The Bertz CT molecular complexity index is 764. The molecule has 6 heteroatoms. The van der Waals surface area contributed by atoms with Crippen molar-refractivity contribution in [2.75, 3.05) is 6.61 Å². The molecule has 2 aromatic rings. The van der Waals surface area contributed by atoms with Gasteiger partial charge in [-0.25, -0.2) is 0 Å². The highest BCUT2D eigenvalue weighted by molar-refractivity contribution is 7.13. The maximum absolute atomic E-state index is 12.1. The molecule has 2 N–H and O–H groups in total. The van der Waals surface area contributed by atoms with E-state index in [0.29, 0.717) is 10.5 Å². The van der Waals surface area contributed by atoms with E-state index in [-0.39, 0.29) is 18.4 Å². The maximum atomic E-state index is 12.1. The smallest absolute Gasteiger partial charge is 0.279 e. The monoisotopic (exact) mass is 314 g/mol. The number of nitrogens with one attached hydrogen (secondary N) is 2. The predicted octanol–water partition coefficient (Wildman–Crippen LogP) is 2.29. The number of hydrogen-bond acceptors (Lipinski definition) is 4. The molecule has 3 rings (SSSR count). The van der Waals surface area contributed by atoms with Gasteiger partial charge in [-0.2, -0.15) is 0 Å². The first-order valence-electron chi connectivity index (χ1n) is 6.73. The topological polar surface area (TPSA) is 67.4 Å². The van der Waals surface area contributed by atoms with Crippen LogP contribution in [0.25, 0.3) is 6.08 Å². The number of para-hydroxylation sites is 1. The molecule has 1 aliphatic heterocycles. The van der Waals surface area contributed by atoms with Gasteiger partial charge in [-0.05, 0) is 31.2 Å². The van der Waals surface area contributed by atoms with Crippen molar-refractivity contribution in [2.45, 2.75) is 6.92 Å². The molecule has 0 unspecified atom stereocenters. The van der Waals surface area contributed by atoms with Crippen molar-refractivity contribution in [1.82, 2.24) is 10.9 Å². The molecular formula is C16H14N2O3S. The van der Waals surface area contributed by atoms with E-state index in [9.17, 15) is 9.59 Å². The molecule has 112 valence electrons. The molecule has 5 nitrogen and oxygen atoms in total. The van der Waals surface area contributed by atoms with E-state index in [1.807, 2.05) is 37.3 Å². The third-order valence-corrected chi connectivity index (χ3v) is 4.18. The molecule has 1 aliphatic rings. The summed E-state index contributed by atoms with van der Waals surface area (Å²) in [4.78, 5) is 25.5. The summed E-state index contributed by atoms with van der Waals surface area (Å²) in [6.45, 7) is 2.10. The lowest BCUT2D eigenvalue weighted by Gasteiger charge is -2.17. The summed E-state index contributed by atoms with van der Waals surface area (Å²) >= 11 is 1.37. The van der Waals surface area contributed by atoms with Crippen molar-refractivity contribution in [3.8, 4) is 5.75 Å².